The fourth-order valence-electron chi connectivity index (χ4n) is 3.23. The van der Waals surface area contributed by atoms with Crippen molar-refractivity contribution in [3.63, 3.8) is 0 Å². The van der Waals surface area contributed by atoms with Crippen LogP contribution in [-0.2, 0) is 16.1 Å². The normalized spacial score (nSPS) is 17.2. The Balaban J connectivity index is 1.70. The number of nitrogens with zero attached hydrogens (tertiary/aromatic N) is 2. The minimum absolute atomic E-state index is 0.145. The molecule has 1 fully saturated rings. The Morgan fingerprint density at radius 1 is 1.19 bits per heavy atom. The van der Waals surface area contributed by atoms with Crippen molar-refractivity contribution in [3.05, 3.63) is 64.7 Å². The summed E-state index contributed by atoms with van der Waals surface area (Å²) >= 11 is 6.07. The van der Waals surface area contributed by atoms with Gasteiger partial charge in [-0.05, 0) is 30.8 Å². The molecule has 0 saturated carbocycles. The highest BCUT2D eigenvalue weighted by Gasteiger charge is 2.39. The summed E-state index contributed by atoms with van der Waals surface area (Å²) in [6.45, 7) is 0.744. The second-order valence-electron chi connectivity index (χ2n) is 6.44. The molecule has 0 spiro atoms. The molecule has 0 N–H and O–H groups in total. The minimum atomic E-state index is -0.391. The molecule has 3 rings (SSSR count). The molecule has 1 saturated heterocycles. The van der Waals surface area contributed by atoms with Crippen LogP contribution in [-0.4, -0.2) is 42.4 Å². The van der Waals surface area contributed by atoms with Crippen LogP contribution in [0, 0.1) is 0 Å². The van der Waals surface area contributed by atoms with E-state index >= 15 is 0 Å². The predicted molar refractivity (Wildman–Crippen MR) is 100.0 cm³/mol. The van der Waals surface area contributed by atoms with Gasteiger partial charge in [-0.25, -0.2) is 0 Å². The monoisotopic (exact) mass is 372 g/mol. The standard InChI is InChI=1S/C20H21ClN2O3/c1-22(12-15-10-16(21)8-9-18(15)26-2)13-23-19(24)11-17(20(23)25)14-6-4-3-5-7-14/h3-10,17H,11-13H2,1-2H3/t17-/m1/s1. The lowest BCUT2D eigenvalue weighted by atomic mass is 9.98. The van der Waals surface area contributed by atoms with Gasteiger partial charge in [-0.3, -0.25) is 19.4 Å². The number of imide groups is 1. The molecule has 2 aromatic rings. The van der Waals surface area contributed by atoms with Gasteiger partial charge in [0.1, 0.15) is 5.75 Å². The van der Waals surface area contributed by atoms with Crippen LogP contribution in [0.5, 0.6) is 5.75 Å². The molecule has 0 aliphatic carbocycles. The lowest BCUT2D eigenvalue weighted by Crippen LogP contribution is -2.39. The second kappa shape index (κ2) is 7.89. The van der Waals surface area contributed by atoms with Gasteiger partial charge >= 0.3 is 0 Å². The largest absolute Gasteiger partial charge is 0.496 e. The smallest absolute Gasteiger partial charge is 0.238 e. The molecule has 1 aliphatic heterocycles. The van der Waals surface area contributed by atoms with E-state index in [4.69, 9.17) is 16.3 Å². The summed E-state index contributed by atoms with van der Waals surface area (Å²) in [6, 6.07) is 14.8. The van der Waals surface area contributed by atoms with Crippen LogP contribution in [0.2, 0.25) is 5.02 Å². The molecule has 2 amide bonds. The lowest BCUT2D eigenvalue weighted by Gasteiger charge is -2.24. The molecule has 0 aromatic heterocycles. The fraction of sp³-hybridized carbons (Fsp3) is 0.300. The van der Waals surface area contributed by atoms with Crippen molar-refractivity contribution in [2.45, 2.75) is 18.9 Å². The quantitative estimate of drug-likeness (QED) is 0.730. The molecular weight excluding hydrogens is 352 g/mol. The highest BCUT2D eigenvalue weighted by Crippen LogP contribution is 2.30. The lowest BCUT2D eigenvalue weighted by molar-refractivity contribution is -0.141. The summed E-state index contributed by atoms with van der Waals surface area (Å²) in [5, 5.41) is 0.617. The number of hydrogen-bond donors (Lipinski definition) is 0. The van der Waals surface area contributed by atoms with E-state index in [0.29, 0.717) is 11.6 Å². The van der Waals surface area contributed by atoms with Crippen LogP contribution in [0.4, 0.5) is 0 Å². The van der Waals surface area contributed by atoms with Gasteiger partial charge in [0.25, 0.3) is 0 Å². The van der Waals surface area contributed by atoms with Gasteiger partial charge < -0.3 is 4.74 Å². The molecule has 136 valence electrons. The summed E-state index contributed by atoms with van der Waals surface area (Å²) in [6.07, 6.45) is 0.219. The molecule has 1 atom stereocenters. The van der Waals surface area contributed by atoms with Gasteiger partial charge in [0.2, 0.25) is 11.8 Å². The third kappa shape index (κ3) is 3.89. The highest BCUT2D eigenvalue weighted by atomic mass is 35.5. The van der Waals surface area contributed by atoms with E-state index in [-0.39, 0.29) is 24.9 Å². The predicted octanol–water partition coefficient (Wildman–Crippen LogP) is 3.28. The zero-order valence-corrected chi connectivity index (χ0v) is 15.6. The first-order chi connectivity index (χ1) is 12.5. The Labute approximate surface area is 158 Å². The highest BCUT2D eigenvalue weighted by molar-refractivity contribution is 6.30. The number of carbonyl (C=O) groups is 2. The second-order valence-corrected chi connectivity index (χ2v) is 6.88. The maximum absolute atomic E-state index is 12.7. The fourth-order valence-corrected chi connectivity index (χ4v) is 3.43. The first-order valence-corrected chi connectivity index (χ1v) is 8.77. The summed E-state index contributed by atoms with van der Waals surface area (Å²) in [5.74, 6) is 0.0418. The molecular formula is C20H21ClN2O3. The van der Waals surface area contributed by atoms with Crippen molar-refractivity contribution in [1.29, 1.82) is 0 Å². The number of methoxy groups -OCH3 is 1. The molecule has 1 aliphatic rings. The SMILES string of the molecule is COc1ccc(Cl)cc1CN(C)CN1C(=O)C[C@H](c2ccccc2)C1=O. The Kier molecular flexibility index (Phi) is 5.59. The van der Waals surface area contributed by atoms with Crippen LogP contribution in [0.3, 0.4) is 0 Å². The Morgan fingerprint density at radius 3 is 2.62 bits per heavy atom. The number of likely N-dealkylation sites (tertiary alicyclic amines) is 1. The Bertz CT molecular complexity index is 810. The van der Waals surface area contributed by atoms with Crippen LogP contribution >= 0.6 is 11.6 Å². The van der Waals surface area contributed by atoms with Gasteiger partial charge in [-0.1, -0.05) is 41.9 Å². The summed E-state index contributed by atoms with van der Waals surface area (Å²) < 4.78 is 5.36. The van der Waals surface area contributed by atoms with E-state index < -0.39 is 5.92 Å². The van der Waals surface area contributed by atoms with Crippen LogP contribution < -0.4 is 4.74 Å². The molecule has 0 radical (unpaired) electrons. The van der Waals surface area contributed by atoms with Gasteiger partial charge in [0, 0.05) is 23.6 Å². The molecule has 0 unspecified atom stereocenters. The van der Waals surface area contributed by atoms with E-state index in [2.05, 4.69) is 0 Å². The molecule has 6 heteroatoms. The number of carbonyl (C=O) groups excluding carboxylic acids is 2. The molecule has 2 aromatic carbocycles. The third-order valence-electron chi connectivity index (χ3n) is 4.51. The molecule has 0 bridgehead atoms. The number of benzene rings is 2. The molecule has 5 nitrogen and oxygen atoms in total. The van der Waals surface area contributed by atoms with E-state index in [1.54, 1.807) is 13.2 Å². The van der Waals surface area contributed by atoms with Crippen molar-refractivity contribution >= 4 is 23.4 Å². The maximum Gasteiger partial charge on any atom is 0.238 e. The average Bonchev–Trinajstić information content (AvgIpc) is 2.91. The molecule has 1 heterocycles. The van der Waals surface area contributed by atoms with Crippen LogP contribution in [0.1, 0.15) is 23.5 Å². The first kappa shape index (κ1) is 18.4. The zero-order valence-electron chi connectivity index (χ0n) is 14.8. The van der Waals surface area contributed by atoms with Gasteiger partial charge in [0.05, 0.1) is 19.7 Å². The number of rotatable bonds is 6. The van der Waals surface area contributed by atoms with Crippen molar-refractivity contribution in [2.75, 3.05) is 20.8 Å². The van der Waals surface area contributed by atoms with Gasteiger partial charge in [-0.15, -0.1) is 0 Å². The number of ether oxygens (including phenoxy) is 1. The van der Waals surface area contributed by atoms with Crippen molar-refractivity contribution in [3.8, 4) is 5.75 Å². The zero-order chi connectivity index (χ0) is 18.7. The van der Waals surface area contributed by atoms with Crippen molar-refractivity contribution in [2.24, 2.45) is 0 Å². The minimum Gasteiger partial charge on any atom is -0.496 e. The van der Waals surface area contributed by atoms with E-state index in [1.807, 2.05) is 54.4 Å². The van der Waals surface area contributed by atoms with Crippen LogP contribution in [0.25, 0.3) is 0 Å². The van der Waals surface area contributed by atoms with Crippen molar-refractivity contribution < 1.29 is 14.3 Å². The van der Waals surface area contributed by atoms with E-state index in [9.17, 15) is 9.59 Å². The van der Waals surface area contributed by atoms with E-state index in [0.717, 1.165) is 16.9 Å². The first-order valence-electron chi connectivity index (χ1n) is 8.39. The summed E-state index contributed by atoms with van der Waals surface area (Å²) in [7, 11) is 3.46. The van der Waals surface area contributed by atoms with Crippen molar-refractivity contribution in [1.82, 2.24) is 9.80 Å². The number of halogens is 1. The number of hydrogen-bond acceptors (Lipinski definition) is 4. The topological polar surface area (TPSA) is 49.9 Å². The van der Waals surface area contributed by atoms with Gasteiger partial charge in [0.15, 0.2) is 0 Å². The summed E-state index contributed by atoms with van der Waals surface area (Å²) in [4.78, 5) is 28.3. The summed E-state index contributed by atoms with van der Waals surface area (Å²) in [5.41, 5.74) is 1.79. The maximum atomic E-state index is 12.7. The average molecular weight is 373 g/mol. The van der Waals surface area contributed by atoms with E-state index in [1.165, 1.54) is 4.90 Å². The van der Waals surface area contributed by atoms with Crippen LogP contribution in [0.15, 0.2) is 48.5 Å². The molecule has 26 heavy (non-hydrogen) atoms. The Morgan fingerprint density at radius 2 is 1.92 bits per heavy atom. The Hall–Kier alpha value is -2.37. The third-order valence-corrected chi connectivity index (χ3v) is 4.75. The number of amides is 2. The van der Waals surface area contributed by atoms with Gasteiger partial charge in [-0.2, -0.15) is 0 Å².